The molecule has 2 aromatic carbocycles. The van der Waals surface area contributed by atoms with Gasteiger partial charge >= 0.3 is 0 Å². The zero-order chi connectivity index (χ0) is 16.8. The Morgan fingerprint density at radius 2 is 1.67 bits per heavy atom. The second-order valence-corrected chi connectivity index (χ2v) is 5.88. The molecule has 1 amide bonds. The normalized spacial score (nSPS) is 11.9. The zero-order valence-corrected chi connectivity index (χ0v) is 13.9. The van der Waals surface area contributed by atoms with Gasteiger partial charge in [0.2, 0.25) is 5.91 Å². The van der Waals surface area contributed by atoms with Gasteiger partial charge in [-0.25, -0.2) is 0 Å². The van der Waals surface area contributed by atoms with Gasteiger partial charge in [-0.2, -0.15) is 0 Å². The molecule has 0 spiro atoms. The summed E-state index contributed by atoms with van der Waals surface area (Å²) < 4.78 is 1.96. The first kappa shape index (κ1) is 16.1. The molecule has 1 heterocycles. The quantitative estimate of drug-likeness (QED) is 0.714. The highest BCUT2D eigenvalue weighted by Crippen LogP contribution is 2.19. The van der Waals surface area contributed by atoms with Gasteiger partial charge in [-0.15, -0.1) is 0 Å². The lowest BCUT2D eigenvalue weighted by atomic mass is 10.0. The van der Waals surface area contributed by atoms with E-state index in [1.165, 1.54) is 5.56 Å². The maximum Gasteiger partial charge on any atom is 0.247 e. The molecule has 0 saturated heterocycles. The van der Waals surface area contributed by atoms with Gasteiger partial charge in [0.1, 0.15) is 6.04 Å². The number of carbonyl (C=O) groups is 1. The minimum absolute atomic E-state index is 0.00306. The number of aromatic nitrogens is 1. The summed E-state index contributed by atoms with van der Waals surface area (Å²) in [6, 6.07) is 21.8. The van der Waals surface area contributed by atoms with E-state index in [-0.39, 0.29) is 11.9 Å². The summed E-state index contributed by atoms with van der Waals surface area (Å²) in [5.41, 5.74) is 3.21. The molecule has 0 fully saturated rings. The number of anilines is 1. The third-order valence-electron chi connectivity index (χ3n) is 4.16. The molecule has 24 heavy (non-hydrogen) atoms. The lowest BCUT2D eigenvalue weighted by molar-refractivity contribution is -0.119. The second kappa shape index (κ2) is 7.64. The van der Waals surface area contributed by atoms with Crippen molar-refractivity contribution in [1.82, 2.24) is 4.57 Å². The fourth-order valence-electron chi connectivity index (χ4n) is 2.82. The van der Waals surface area contributed by atoms with E-state index >= 15 is 0 Å². The lowest BCUT2D eigenvalue weighted by Gasteiger charge is -2.19. The first-order chi connectivity index (χ1) is 11.8. The van der Waals surface area contributed by atoms with E-state index in [4.69, 9.17) is 0 Å². The van der Waals surface area contributed by atoms with Crippen LogP contribution in [0.25, 0.3) is 0 Å². The van der Waals surface area contributed by atoms with Gasteiger partial charge in [-0.1, -0.05) is 49.4 Å². The minimum Gasteiger partial charge on any atom is -0.342 e. The number of amides is 1. The Bertz CT molecular complexity index is 779. The molecule has 3 nitrogen and oxygen atoms in total. The van der Waals surface area contributed by atoms with Gasteiger partial charge in [0.15, 0.2) is 0 Å². The van der Waals surface area contributed by atoms with E-state index in [2.05, 4.69) is 30.4 Å². The summed E-state index contributed by atoms with van der Waals surface area (Å²) in [5, 5.41) is 3.07. The van der Waals surface area contributed by atoms with E-state index in [9.17, 15) is 4.79 Å². The van der Waals surface area contributed by atoms with Crippen LogP contribution in [-0.2, 0) is 17.6 Å². The number of hydrogen-bond acceptors (Lipinski definition) is 1. The summed E-state index contributed by atoms with van der Waals surface area (Å²) in [5.74, 6) is 0.00306. The number of aryl methyl sites for hydroxylation is 1. The molecule has 3 rings (SSSR count). The van der Waals surface area contributed by atoms with Gasteiger partial charge in [-0.05, 0) is 41.8 Å². The van der Waals surface area contributed by atoms with Crippen LogP contribution >= 0.6 is 0 Å². The fraction of sp³-hybridized carbons (Fsp3) is 0.190. The van der Waals surface area contributed by atoms with Crippen molar-refractivity contribution in [3.63, 3.8) is 0 Å². The largest absolute Gasteiger partial charge is 0.342 e. The number of hydrogen-bond donors (Lipinski definition) is 1. The van der Waals surface area contributed by atoms with Gasteiger partial charge in [0.05, 0.1) is 0 Å². The third-order valence-corrected chi connectivity index (χ3v) is 4.16. The van der Waals surface area contributed by atoms with Crippen LogP contribution < -0.4 is 5.32 Å². The summed E-state index contributed by atoms with van der Waals surface area (Å²) in [6.45, 7) is 2.11. The number of rotatable bonds is 6. The van der Waals surface area contributed by atoms with E-state index < -0.39 is 0 Å². The van der Waals surface area contributed by atoms with Crippen molar-refractivity contribution in [2.45, 2.75) is 25.8 Å². The Morgan fingerprint density at radius 3 is 2.38 bits per heavy atom. The van der Waals surface area contributed by atoms with Gasteiger partial charge < -0.3 is 9.88 Å². The average molecular weight is 318 g/mol. The van der Waals surface area contributed by atoms with Crippen molar-refractivity contribution >= 4 is 11.6 Å². The van der Waals surface area contributed by atoms with E-state index in [0.717, 1.165) is 17.7 Å². The van der Waals surface area contributed by atoms with Crippen LogP contribution in [0.15, 0.2) is 79.1 Å². The molecule has 0 saturated carbocycles. The van der Waals surface area contributed by atoms with Crippen LogP contribution in [0.3, 0.4) is 0 Å². The Hall–Kier alpha value is -2.81. The highest BCUT2D eigenvalue weighted by Gasteiger charge is 2.20. The average Bonchev–Trinajstić information content (AvgIpc) is 3.15. The molecule has 0 unspecified atom stereocenters. The molecule has 1 aromatic heterocycles. The molecule has 0 bridgehead atoms. The Balaban J connectivity index is 1.81. The fourth-order valence-corrected chi connectivity index (χ4v) is 2.82. The van der Waals surface area contributed by atoms with Crippen LogP contribution in [0.2, 0.25) is 0 Å². The summed E-state index contributed by atoms with van der Waals surface area (Å²) in [4.78, 5) is 12.9. The van der Waals surface area contributed by atoms with Gasteiger partial charge in [0.25, 0.3) is 0 Å². The number of nitrogens with one attached hydrogen (secondary N) is 1. The first-order valence-electron chi connectivity index (χ1n) is 8.32. The molecule has 1 atom stereocenters. The standard InChI is InChI=1S/C21H22N2O/c1-2-17-11-8-12-19(15-17)22-21(24)20(23-13-6-7-14-23)16-18-9-4-3-5-10-18/h3-15,20H,2,16H2,1H3,(H,22,24)/t20-/m0/s1. The van der Waals surface area contributed by atoms with Crippen molar-refractivity contribution in [3.05, 3.63) is 90.3 Å². The number of nitrogens with zero attached hydrogens (tertiary/aromatic N) is 1. The van der Waals surface area contributed by atoms with Gasteiger partial charge in [0, 0.05) is 24.5 Å². The van der Waals surface area contributed by atoms with Crippen molar-refractivity contribution in [2.24, 2.45) is 0 Å². The molecular weight excluding hydrogens is 296 g/mol. The monoisotopic (exact) mass is 318 g/mol. The maximum absolute atomic E-state index is 12.9. The van der Waals surface area contributed by atoms with Crippen molar-refractivity contribution < 1.29 is 4.79 Å². The highest BCUT2D eigenvalue weighted by molar-refractivity contribution is 5.94. The van der Waals surface area contributed by atoms with Crippen LogP contribution in [-0.4, -0.2) is 10.5 Å². The molecular formula is C21H22N2O. The zero-order valence-electron chi connectivity index (χ0n) is 13.9. The Kier molecular flexibility index (Phi) is 5.12. The molecule has 3 aromatic rings. The molecule has 1 N–H and O–H groups in total. The Labute approximate surface area is 143 Å². The topological polar surface area (TPSA) is 34.0 Å². The van der Waals surface area contributed by atoms with Crippen molar-refractivity contribution in [3.8, 4) is 0 Å². The lowest BCUT2D eigenvalue weighted by Crippen LogP contribution is -2.27. The number of carbonyl (C=O) groups excluding carboxylic acids is 1. The molecule has 0 radical (unpaired) electrons. The molecule has 3 heteroatoms. The summed E-state index contributed by atoms with van der Waals surface area (Å²) in [6.07, 6.45) is 5.49. The minimum atomic E-state index is -0.271. The molecule has 0 aliphatic carbocycles. The molecule has 0 aliphatic heterocycles. The molecule has 0 aliphatic rings. The summed E-state index contributed by atoms with van der Waals surface area (Å²) >= 11 is 0. The molecule has 122 valence electrons. The van der Waals surface area contributed by atoms with Crippen LogP contribution in [0, 0.1) is 0 Å². The number of benzene rings is 2. The first-order valence-corrected chi connectivity index (χ1v) is 8.32. The third kappa shape index (κ3) is 3.93. The smallest absolute Gasteiger partial charge is 0.247 e. The van der Waals surface area contributed by atoms with E-state index in [1.807, 2.05) is 65.5 Å². The van der Waals surface area contributed by atoms with Crippen LogP contribution in [0.5, 0.6) is 0 Å². The summed E-state index contributed by atoms with van der Waals surface area (Å²) in [7, 11) is 0. The van der Waals surface area contributed by atoms with Crippen molar-refractivity contribution in [2.75, 3.05) is 5.32 Å². The predicted molar refractivity (Wildman–Crippen MR) is 98.1 cm³/mol. The predicted octanol–water partition coefficient (Wildman–Crippen LogP) is 4.47. The SMILES string of the molecule is CCc1cccc(NC(=O)[C@H](Cc2ccccc2)n2cccc2)c1. The second-order valence-electron chi connectivity index (χ2n) is 5.88. The van der Waals surface area contributed by atoms with E-state index in [0.29, 0.717) is 6.42 Å². The van der Waals surface area contributed by atoms with Gasteiger partial charge in [-0.3, -0.25) is 4.79 Å². The van der Waals surface area contributed by atoms with Crippen LogP contribution in [0.4, 0.5) is 5.69 Å². The Morgan fingerprint density at radius 1 is 0.958 bits per heavy atom. The van der Waals surface area contributed by atoms with Crippen molar-refractivity contribution in [1.29, 1.82) is 0 Å². The van der Waals surface area contributed by atoms with Crippen LogP contribution in [0.1, 0.15) is 24.1 Å². The van der Waals surface area contributed by atoms with E-state index in [1.54, 1.807) is 0 Å². The highest BCUT2D eigenvalue weighted by atomic mass is 16.2. The maximum atomic E-state index is 12.9.